The lowest BCUT2D eigenvalue weighted by Gasteiger charge is -2.22. The molecule has 19 heavy (non-hydrogen) atoms. The van der Waals surface area contributed by atoms with E-state index in [0.717, 1.165) is 25.7 Å². The summed E-state index contributed by atoms with van der Waals surface area (Å²) in [6.45, 7) is 3.92. The van der Waals surface area contributed by atoms with Crippen LogP contribution in [0.5, 0.6) is 5.88 Å². The smallest absolute Gasteiger partial charge is 0.313 e. The first kappa shape index (κ1) is 14.1. The van der Waals surface area contributed by atoms with Crippen molar-refractivity contribution in [2.75, 3.05) is 0 Å². The van der Waals surface area contributed by atoms with Gasteiger partial charge in [0, 0.05) is 24.5 Å². The molecule has 0 spiro atoms. The van der Waals surface area contributed by atoms with Gasteiger partial charge in [0.05, 0.1) is 0 Å². The predicted molar refractivity (Wildman–Crippen MR) is 74.4 cm³/mol. The molecule has 5 nitrogen and oxygen atoms in total. The minimum atomic E-state index is -0.172. The summed E-state index contributed by atoms with van der Waals surface area (Å²) in [5.74, 6) is 0.179. The van der Waals surface area contributed by atoms with Gasteiger partial charge in [0.15, 0.2) is 0 Å². The van der Waals surface area contributed by atoms with Gasteiger partial charge in [0.25, 0.3) is 5.88 Å². The van der Waals surface area contributed by atoms with Gasteiger partial charge in [-0.3, -0.25) is 4.79 Å². The van der Waals surface area contributed by atoms with Crippen LogP contribution in [0.3, 0.4) is 0 Å². The molecule has 2 rings (SSSR count). The van der Waals surface area contributed by atoms with Gasteiger partial charge in [0.2, 0.25) is 0 Å². The fraction of sp³-hybridized carbons (Fsp3) is 0.714. The van der Waals surface area contributed by atoms with Crippen LogP contribution in [-0.2, 0) is 0 Å². The summed E-state index contributed by atoms with van der Waals surface area (Å²) in [6, 6.07) is 0.0945. The molecule has 1 saturated carbocycles. The Morgan fingerprint density at radius 1 is 1.37 bits per heavy atom. The highest BCUT2D eigenvalue weighted by molar-refractivity contribution is 5.06. The van der Waals surface area contributed by atoms with Crippen LogP contribution in [0, 0.1) is 0 Å². The zero-order chi connectivity index (χ0) is 13.8. The van der Waals surface area contributed by atoms with Crippen LogP contribution in [0.25, 0.3) is 0 Å². The van der Waals surface area contributed by atoms with Crippen LogP contribution >= 0.6 is 0 Å². The molecule has 1 aliphatic carbocycles. The van der Waals surface area contributed by atoms with Crippen LogP contribution in [0.15, 0.2) is 17.2 Å². The van der Waals surface area contributed by atoms with E-state index in [1.54, 1.807) is 17.0 Å². The van der Waals surface area contributed by atoms with Crippen LogP contribution in [0.1, 0.15) is 52.0 Å². The average Bonchev–Trinajstić information content (AvgIpc) is 2.57. The summed E-state index contributed by atoms with van der Waals surface area (Å²) < 4.78 is 7.43. The maximum absolute atomic E-state index is 12.2. The molecule has 0 aliphatic heterocycles. The Morgan fingerprint density at radius 3 is 2.84 bits per heavy atom. The Balaban J connectivity index is 2.18. The molecule has 5 heteroatoms. The van der Waals surface area contributed by atoms with Crippen LogP contribution in [0.2, 0.25) is 0 Å². The second kappa shape index (κ2) is 6.19. The fourth-order valence-electron chi connectivity index (χ4n) is 2.49. The van der Waals surface area contributed by atoms with Gasteiger partial charge in [-0.2, -0.15) is 0 Å². The van der Waals surface area contributed by atoms with Crippen molar-refractivity contribution in [2.45, 2.75) is 64.1 Å². The highest BCUT2D eigenvalue weighted by Crippen LogP contribution is 2.20. The normalized spacial score (nSPS) is 24.2. The van der Waals surface area contributed by atoms with Crippen LogP contribution in [-0.4, -0.2) is 21.7 Å². The van der Waals surface area contributed by atoms with E-state index in [1.165, 1.54) is 6.42 Å². The summed E-state index contributed by atoms with van der Waals surface area (Å²) in [6.07, 6.45) is 8.49. The highest BCUT2D eigenvalue weighted by atomic mass is 16.5. The predicted octanol–water partition coefficient (Wildman–Crippen LogP) is 1.86. The molecule has 1 fully saturated rings. The molecule has 1 aliphatic rings. The number of rotatable bonds is 3. The Labute approximate surface area is 113 Å². The minimum Gasteiger partial charge on any atom is -0.469 e. The molecule has 2 atom stereocenters. The average molecular weight is 265 g/mol. The number of nitrogens with zero attached hydrogens (tertiary/aromatic N) is 2. The summed E-state index contributed by atoms with van der Waals surface area (Å²) in [5.41, 5.74) is 5.94. The highest BCUT2D eigenvalue weighted by Gasteiger charge is 2.23. The number of aromatic nitrogens is 2. The largest absolute Gasteiger partial charge is 0.469 e. The monoisotopic (exact) mass is 265 g/mol. The second-order valence-electron chi connectivity index (χ2n) is 5.50. The molecular formula is C14H23N3O2. The van der Waals surface area contributed by atoms with Gasteiger partial charge in [-0.1, -0.05) is 12.8 Å². The number of ether oxygens (including phenoxy) is 1. The molecule has 106 valence electrons. The standard InChI is InChI=1S/C14H23N3O2/c1-10(2)17-9-8-16-13(14(17)18)19-12-7-5-3-4-6-11(12)15/h8-12H,3-7,15H2,1-2H3. The SMILES string of the molecule is CC(C)n1ccnc(OC2CCCCCC2N)c1=O. The Morgan fingerprint density at radius 2 is 2.11 bits per heavy atom. The number of hydrogen-bond acceptors (Lipinski definition) is 4. The van der Waals surface area contributed by atoms with E-state index in [1.807, 2.05) is 13.8 Å². The molecule has 1 heterocycles. The Bertz CT molecular complexity index is 470. The van der Waals surface area contributed by atoms with Crippen molar-refractivity contribution in [3.63, 3.8) is 0 Å². The van der Waals surface area contributed by atoms with Crippen molar-refractivity contribution in [3.05, 3.63) is 22.7 Å². The lowest BCUT2D eigenvalue weighted by Crippen LogP contribution is -2.39. The van der Waals surface area contributed by atoms with E-state index in [0.29, 0.717) is 0 Å². The second-order valence-corrected chi connectivity index (χ2v) is 5.50. The van der Waals surface area contributed by atoms with Crippen molar-refractivity contribution in [3.8, 4) is 5.88 Å². The molecular weight excluding hydrogens is 242 g/mol. The summed E-state index contributed by atoms with van der Waals surface area (Å²) in [5, 5.41) is 0. The molecule has 2 unspecified atom stereocenters. The van der Waals surface area contributed by atoms with Gasteiger partial charge in [0.1, 0.15) is 6.10 Å². The van der Waals surface area contributed by atoms with Gasteiger partial charge in [-0.25, -0.2) is 4.98 Å². The van der Waals surface area contributed by atoms with Crippen molar-refractivity contribution in [2.24, 2.45) is 5.73 Å². The Kier molecular flexibility index (Phi) is 4.58. The Hall–Kier alpha value is -1.36. The summed E-state index contributed by atoms with van der Waals surface area (Å²) in [7, 11) is 0. The van der Waals surface area contributed by atoms with Gasteiger partial charge >= 0.3 is 5.56 Å². The van der Waals surface area contributed by atoms with E-state index in [2.05, 4.69) is 4.98 Å². The molecule has 1 aromatic heterocycles. The van der Waals surface area contributed by atoms with Crippen molar-refractivity contribution < 1.29 is 4.74 Å². The van der Waals surface area contributed by atoms with Crippen molar-refractivity contribution in [1.29, 1.82) is 0 Å². The molecule has 2 N–H and O–H groups in total. The zero-order valence-electron chi connectivity index (χ0n) is 11.7. The molecule has 0 aromatic carbocycles. The van der Waals surface area contributed by atoms with Gasteiger partial charge in [-0.05, 0) is 33.1 Å². The third-order valence-electron chi connectivity index (χ3n) is 3.66. The van der Waals surface area contributed by atoms with E-state index in [4.69, 9.17) is 10.5 Å². The van der Waals surface area contributed by atoms with E-state index in [-0.39, 0.29) is 29.6 Å². The quantitative estimate of drug-likeness (QED) is 0.847. The molecule has 0 saturated heterocycles. The lowest BCUT2D eigenvalue weighted by atomic mass is 10.1. The van der Waals surface area contributed by atoms with Crippen LogP contribution < -0.4 is 16.0 Å². The lowest BCUT2D eigenvalue weighted by molar-refractivity contribution is 0.152. The fourth-order valence-corrected chi connectivity index (χ4v) is 2.49. The maximum atomic E-state index is 12.2. The summed E-state index contributed by atoms with van der Waals surface area (Å²) in [4.78, 5) is 16.3. The third-order valence-corrected chi connectivity index (χ3v) is 3.66. The molecule has 1 aromatic rings. The first-order valence-electron chi connectivity index (χ1n) is 7.09. The van der Waals surface area contributed by atoms with Crippen LogP contribution in [0.4, 0.5) is 0 Å². The molecule has 0 radical (unpaired) electrons. The van der Waals surface area contributed by atoms with Gasteiger partial charge < -0.3 is 15.0 Å². The van der Waals surface area contributed by atoms with E-state index < -0.39 is 0 Å². The maximum Gasteiger partial charge on any atom is 0.313 e. The van der Waals surface area contributed by atoms with Gasteiger partial charge in [-0.15, -0.1) is 0 Å². The number of hydrogen-bond donors (Lipinski definition) is 1. The first-order valence-corrected chi connectivity index (χ1v) is 7.09. The zero-order valence-corrected chi connectivity index (χ0v) is 11.7. The minimum absolute atomic E-state index is 0.00333. The molecule has 0 amide bonds. The van der Waals surface area contributed by atoms with Crippen molar-refractivity contribution in [1.82, 2.24) is 9.55 Å². The van der Waals surface area contributed by atoms with E-state index >= 15 is 0 Å². The first-order chi connectivity index (χ1) is 9.09. The van der Waals surface area contributed by atoms with Crippen molar-refractivity contribution >= 4 is 0 Å². The number of nitrogens with two attached hydrogens (primary N) is 1. The topological polar surface area (TPSA) is 70.1 Å². The molecule has 0 bridgehead atoms. The third kappa shape index (κ3) is 3.35. The summed E-state index contributed by atoms with van der Waals surface area (Å²) >= 11 is 0. The van der Waals surface area contributed by atoms with E-state index in [9.17, 15) is 4.79 Å².